The predicted octanol–water partition coefficient (Wildman–Crippen LogP) is 6.38. The van der Waals surface area contributed by atoms with Crippen molar-refractivity contribution in [1.29, 1.82) is 0 Å². The van der Waals surface area contributed by atoms with Gasteiger partial charge in [0.2, 0.25) is 0 Å². The van der Waals surface area contributed by atoms with E-state index < -0.39 is 6.10 Å². The minimum atomic E-state index is -0.751. The van der Waals surface area contributed by atoms with Crippen LogP contribution in [0.1, 0.15) is 12.5 Å². The van der Waals surface area contributed by atoms with Crippen LogP contribution in [0.25, 0.3) is 20.9 Å². The Balaban J connectivity index is 1.54. The number of hydrogen-bond acceptors (Lipinski definition) is 5. The number of anilines is 1. The monoisotopic (exact) mass is 457 g/mol. The van der Waals surface area contributed by atoms with Crippen molar-refractivity contribution in [3.05, 3.63) is 70.3 Å². The van der Waals surface area contributed by atoms with Gasteiger partial charge in [0.25, 0.3) is 5.91 Å². The van der Waals surface area contributed by atoms with Gasteiger partial charge in [-0.1, -0.05) is 46.7 Å². The van der Waals surface area contributed by atoms with Gasteiger partial charge in [-0.3, -0.25) is 4.79 Å². The van der Waals surface area contributed by atoms with E-state index in [2.05, 4.69) is 15.3 Å². The molecule has 2 aromatic carbocycles. The van der Waals surface area contributed by atoms with Crippen molar-refractivity contribution in [3.8, 4) is 16.3 Å². The Hall–Kier alpha value is -2.67. The highest BCUT2D eigenvalue weighted by Gasteiger charge is 2.19. The highest BCUT2D eigenvalue weighted by molar-refractivity contribution is 7.21. The normalized spacial score (nSPS) is 12.0. The fraction of sp³-hybridized carbons (Fsp3) is 0.136. The maximum absolute atomic E-state index is 12.7. The molecule has 1 atom stereocenters. The van der Waals surface area contributed by atoms with Crippen molar-refractivity contribution in [2.45, 2.75) is 20.0 Å². The van der Waals surface area contributed by atoms with Gasteiger partial charge in [0.05, 0.1) is 5.02 Å². The lowest BCUT2D eigenvalue weighted by molar-refractivity contribution is -0.122. The molecule has 5 nitrogen and oxygen atoms in total. The summed E-state index contributed by atoms with van der Waals surface area (Å²) in [6, 6.07) is 14.4. The Bertz CT molecular complexity index is 1210. The van der Waals surface area contributed by atoms with Crippen molar-refractivity contribution < 1.29 is 9.53 Å². The van der Waals surface area contributed by atoms with Crippen LogP contribution in [0.5, 0.6) is 5.75 Å². The van der Waals surface area contributed by atoms with Gasteiger partial charge in [-0.05, 0) is 55.8 Å². The van der Waals surface area contributed by atoms with Crippen LogP contribution in [0.4, 0.5) is 5.69 Å². The van der Waals surface area contributed by atoms with Gasteiger partial charge in [0.1, 0.15) is 21.1 Å². The zero-order chi connectivity index (χ0) is 21.3. The van der Waals surface area contributed by atoms with Crippen molar-refractivity contribution in [3.63, 3.8) is 0 Å². The third-order valence-electron chi connectivity index (χ3n) is 4.56. The van der Waals surface area contributed by atoms with Crippen LogP contribution in [-0.4, -0.2) is 22.0 Å². The first-order chi connectivity index (χ1) is 14.4. The van der Waals surface area contributed by atoms with E-state index in [1.807, 2.05) is 37.3 Å². The van der Waals surface area contributed by atoms with Gasteiger partial charge >= 0.3 is 0 Å². The van der Waals surface area contributed by atoms with Crippen LogP contribution >= 0.6 is 34.5 Å². The predicted molar refractivity (Wildman–Crippen MR) is 123 cm³/mol. The first-order valence-electron chi connectivity index (χ1n) is 9.16. The van der Waals surface area contributed by atoms with Gasteiger partial charge < -0.3 is 10.1 Å². The zero-order valence-electron chi connectivity index (χ0n) is 16.1. The van der Waals surface area contributed by atoms with Gasteiger partial charge in [-0.25, -0.2) is 9.97 Å². The number of benzene rings is 2. The number of thiazole rings is 1. The Labute approximate surface area is 187 Å². The molecule has 0 radical (unpaired) electrons. The molecule has 2 aromatic heterocycles. The number of pyridine rings is 1. The highest BCUT2D eigenvalue weighted by atomic mass is 35.5. The van der Waals surface area contributed by atoms with Crippen LogP contribution in [0.3, 0.4) is 0 Å². The molecule has 152 valence electrons. The van der Waals surface area contributed by atoms with Crippen LogP contribution in [-0.2, 0) is 4.79 Å². The third kappa shape index (κ3) is 4.26. The molecule has 30 heavy (non-hydrogen) atoms. The number of aromatic nitrogens is 2. The molecule has 1 amide bonds. The second-order valence-corrected chi connectivity index (χ2v) is 8.47. The summed E-state index contributed by atoms with van der Waals surface area (Å²) in [6.07, 6.45) is 1.00. The topological polar surface area (TPSA) is 64.1 Å². The van der Waals surface area contributed by atoms with Crippen molar-refractivity contribution >= 4 is 56.5 Å². The second-order valence-electron chi connectivity index (χ2n) is 6.65. The minimum Gasteiger partial charge on any atom is -0.479 e. The molecule has 4 rings (SSSR count). The van der Waals surface area contributed by atoms with E-state index in [1.54, 1.807) is 31.3 Å². The third-order valence-corrected chi connectivity index (χ3v) is 6.10. The molecule has 1 unspecified atom stereocenters. The number of carbonyl (C=O) groups excluding carboxylic acids is 1. The quantitative estimate of drug-likeness (QED) is 0.377. The molecule has 8 heteroatoms. The largest absolute Gasteiger partial charge is 0.479 e. The van der Waals surface area contributed by atoms with Crippen molar-refractivity contribution in [2.24, 2.45) is 0 Å². The van der Waals surface area contributed by atoms with E-state index in [0.29, 0.717) is 21.5 Å². The molecule has 0 aliphatic rings. The molecule has 0 fully saturated rings. The standard InChI is InChI=1S/C22H17Cl2N3O2S/c1-12-15(21-27-18-7-4-10-25-22(18)30-21)5-3-6-17(12)26-20(28)13(2)29-19-9-8-14(23)11-16(19)24/h3-11,13H,1-2H3,(H,26,28). The Morgan fingerprint density at radius 1 is 1.17 bits per heavy atom. The van der Waals surface area contributed by atoms with Gasteiger partial charge in [-0.2, -0.15) is 0 Å². The summed E-state index contributed by atoms with van der Waals surface area (Å²) in [4.78, 5) is 22.6. The van der Waals surface area contributed by atoms with E-state index in [1.165, 1.54) is 11.3 Å². The number of ether oxygens (including phenoxy) is 1. The summed E-state index contributed by atoms with van der Waals surface area (Å²) in [5, 5.41) is 4.64. The summed E-state index contributed by atoms with van der Waals surface area (Å²) in [5.41, 5.74) is 3.42. The second kappa shape index (κ2) is 8.60. The highest BCUT2D eigenvalue weighted by Crippen LogP contribution is 2.34. The van der Waals surface area contributed by atoms with Gasteiger partial charge in [0, 0.05) is 22.5 Å². The number of nitrogens with one attached hydrogen (secondary N) is 1. The number of halogens is 2. The molecule has 4 aromatic rings. The number of fused-ring (bicyclic) bond motifs is 1. The van der Waals surface area contributed by atoms with Gasteiger partial charge in [-0.15, -0.1) is 0 Å². The molecule has 0 aliphatic heterocycles. The smallest absolute Gasteiger partial charge is 0.265 e. The van der Waals surface area contributed by atoms with Gasteiger partial charge in [0.15, 0.2) is 6.10 Å². The van der Waals surface area contributed by atoms with Crippen molar-refractivity contribution in [1.82, 2.24) is 9.97 Å². The fourth-order valence-corrected chi connectivity index (χ4v) is 4.38. The number of rotatable bonds is 5. The van der Waals surface area contributed by atoms with Crippen molar-refractivity contribution in [2.75, 3.05) is 5.32 Å². The van der Waals surface area contributed by atoms with Crippen LogP contribution in [0, 0.1) is 6.92 Å². The summed E-state index contributed by atoms with van der Waals surface area (Å²) in [5.74, 6) is 0.114. The summed E-state index contributed by atoms with van der Waals surface area (Å²) in [6.45, 7) is 3.62. The molecule has 2 heterocycles. The molecule has 0 spiro atoms. The number of carbonyl (C=O) groups is 1. The Kier molecular flexibility index (Phi) is 5.90. The summed E-state index contributed by atoms with van der Waals surface area (Å²) < 4.78 is 5.71. The fourth-order valence-electron chi connectivity index (χ4n) is 2.94. The van der Waals surface area contributed by atoms with E-state index >= 15 is 0 Å². The van der Waals surface area contributed by atoms with E-state index in [-0.39, 0.29) is 5.91 Å². The van der Waals surface area contributed by atoms with E-state index in [4.69, 9.17) is 27.9 Å². The average molecular weight is 458 g/mol. The lowest BCUT2D eigenvalue weighted by Gasteiger charge is -2.17. The molecule has 0 saturated carbocycles. The SMILES string of the molecule is Cc1c(NC(=O)C(C)Oc2ccc(Cl)cc2Cl)cccc1-c1nc2cccnc2s1. The minimum absolute atomic E-state index is 0.285. The van der Waals surface area contributed by atoms with Crippen LogP contribution in [0.2, 0.25) is 10.0 Å². The van der Waals surface area contributed by atoms with Crippen LogP contribution in [0.15, 0.2) is 54.7 Å². The first kappa shape index (κ1) is 20.6. The Morgan fingerprint density at radius 3 is 2.77 bits per heavy atom. The molecule has 1 N–H and O–H groups in total. The lowest BCUT2D eigenvalue weighted by atomic mass is 10.1. The molecular formula is C22H17Cl2N3O2S. The average Bonchev–Trinajstić information content (AvgIpc) is 3.15. The molecular weight excluding hydrogens is 441 g/mol. The van der Waals surface area contributed by atoms with E-state index in [9.17, 15) is 4.79 Å². The zero-order valence-corrected chi connectivity index (χ0v) is 18.5. The summed E-state index contributed by atoms with van der Waals surface area (Å²) in [7, 11) is 0. The summed E-state index contributed by atoms with van der Waals surface area (Å²) >= 11 is 13.6. The lowest BCUT2D eigenvalue weighted by Crippen LogP contribution is -2.30. The van der Waals surface area contributed by atoms with E-state index in [0.717, 1.165) is 26.5 Å². The number of nitrogens with zero attached hydrogens (tertiary/aromatic N) is 2. The maximum Gasteiger partial charge on any atom is 0.265 e. The maximum atomic E-state index is 12.7. The van der Waals surface area contributed by atoms with Crippen LogP contribution < -0.4 is 10.1 Å². The molecule has 0 bridgehead atoms. The molecule has 0 saturated heterocycles. The Morgan fingerprint density at radius 2 is 2.00 bits per heavy atom. The molecule has 0 aliphatic carbocycles. The number of amides is 1. The first-order valence-corrected chi connectivity index (χ1v) is 10.7. The number of hydrogen-bond donors (Lipinski definition) is 1.